The van der Waals surface area contributed by atoms with Gasteiger partial charge in [0, 0.05) is 19.6 Å². The van der Waals surface area contributed by atoms with Crippen LogP contribution in [0.3, 0.4) is 0 Å². The molecule has 1 saturated heterocycles. The van der Waals surface area contributed by atoms with Crippen LogP contribution < -0.4 is 11.1 Å². The largest absolute Gasteiger partial charge is 0.368 e. The van der Waals surface area contributed by atoms with Gasteiger partial charge in [-0.3, -0.25) is 9.69 Å². The molecule has 0 aromatic rings. The minimum absolute atomic E-state index is 0.111. The van der Waals surface area contributed by atoms with Gasteiger partial charge in [-0.05, 0) is 44.1 Å². The molecule has 1 aliphatic carbocycles. The molecule has 1 saturated carbocycles. The molecular formula is C14H27N3O. The Morgan fingerprint density at radius 3 is 2.39 bits per heavy atom. The van der Waals surface area contributed by atoms with Gasteiger partial charge >= 0.3 is 0 Å². The molecule has 2 fully saturated rings. The van der Waals surface area contributed by atoms with Crippen molar-refractivity contribution in [3.8, 4) is 0 Å². The van der Waals surface area contributed by atoms with Crippen molar-refractivity contribution in [3.05, 3.63) is 0 Å². The van der Waals surface area contributed by atoms with Crippen LogP contribution in [0.5, 0.6) is 0 Å². The molecule has 0 aromatic carbocycles. The van der Waals surface area contributed by atoms with E-state index in [0.29, 0.717) is 5.41 Å². The van der Waals surface area contributed by atoms with Gasteiger partial charge in [-0.15, -0.1) is 0 Å². The monoisotopic (exact) mass is 253 g/mol. The Bertz CT molecular complexity index is 296. The molecule has 0 spiro atoms. The molecule has 3 N–H and O–H groups in total. The summed E-state index contributed by atoms with van der Waals surface area (Å²) in [6.07, 6.45) is 5.16. The normalized spacial score (nSPS) is 28.6. The summed E-state index contributed by atoms with van der Waals surface area (Å²) in [5.41, 5.74) is 5.76. The standard InChI is InChI=1S/C14H27N3O/c1-13(2)4-6-14(7-5-13,12(15)18)17-10-3-8-16-9-11-17/h16H,3-11H2,1-2H3,(H2,15,18). The summed E-state index contributed by atoms with van der Waals surface area (Å²) in [4.78, 5) is 14.4. The molecule has 104 valence electrons. The van der Waals surface area contributed by atoms with Crippen LogP contribution in [0.25, 0.3) is 0 Å². The molecule has 0 unspecified atom stereocenters. The summed E-state index contributed by atoms with van der Waals surface area (Å²) < 4.78 is 0. The maximum atomic E-state index is 12.1. The van der Waals surface area contributed by atoms with Gasteiger partial charge in [-0.1, -0.05) is 13.8 Å². The van der Waals surface area contributed by atoms with E-state index in [0.717, 1.165) is 58.3 Å². The van der Waals surface area contributed by atoms with Crippen LogP contribution in [0.2, 0.25) is 0 Å². The lowest BCUT2D eigenvalue weighted by Crippen LogP contribution is -2.60. The summed E-state index contributed by atoms with van der Waals surface area (Å²) >= 11 is 0. The quantitative estimate of drug-likeness (QED) is 0.775. The first-order valence-electron chi connectivity index (χ1n) is 7.22. The molecule has 4 heteroatoms. The van der Waals surface area contributed by atoms with E-state index in [9.17, 15) is 4.79 Å². The maximum absolute atomic E-state index is 12.1. The highest BCUT2D eigenvalue weighted by molar-refractivity contribution is 5.84. The molecule has 2 rings (SSSR count). The van der Waals surface area contributed by atoms with E-state index in [1.54, 1.807) is 0 Å². The predicted octanol–water partition coefficient (Wildman–Crippen LogP) is 1.11. The molecule has 2 aliphatic rings. The number of nitrogens with zero attached hydrogens (tertiary/aromatic N) is 1. The zero-order valence-corrected chi connectivity index (χ0v) is 11.8. The number of hydrogen-bond donors (Lipinski definition) is 2. The van der Waals surface area contributed by atoms with Crippen molar-refractivity contribution in [1.29, 1.82) is 0 Å². The van der Waals surface area contributed by atoms with E-state index in [1.165, 1.54) is 0 Å². The Hall–Kier alpha value is -0.610. The van der Waals surface area contributed by atoms with Crippen molar-refractivity contribution in [2.45, 2.75) is 51.5 Å². The van der Waals surface area contributed by atoms with Crippen LogP contribution in [0.15, 0.2) is 0 Å². The van der Waals surface area contributed by atoms with Gasteiger partial charge in [0.15, 0.2) is 0 Å². The smallest absolute Gasteiger partial charge is 0.237 e. The number of nitrogens with one attached hydrogen (secondary N) is 1. The van der Waals surface area contributed by atoms with Gasteiger partial charge in [0.1, 0.15) is 5.54 Å². The van der Waals surface area contributed by atoms with E-state index < -0.39 is 0 Å². The Labute approximate surface area is 110 Å². The second-order valence-corrected chi connectivity index (χ2v) is 6.65. The highest BCUT2D eigenvalue weighted by Gasteiger charge is 2.46. The molecule has 0 bridgehead atoms. The topological polar surface area (TPSA) is 58.4 Å². The van der Waals surface area contributed by atoms with Crippen LogP contribution in [-0.2, 0) is 4.79 Å². The van der Waals surface area contributed by atoms with Crippen LogP contribution >= 0.6 is 0 Å². The van der Waals surface area contributed by atoms with E-state index in [4.69, 9.17) is 5.73 Å². The summed E-state index contributed by atoms with van der Waals surface area (Å²) in [7, 11) is 0. The fourth-order valence-corrected chi connectivity index (χ4v) is 3.33. The predicted molar refractivity (Wildman–Crippen MR) is 73.2 cm³/mol. The van der Waals surface area contributed by atoms with Gasteiger partial charge in [-0.25, -0.2) is 0 Å². The third-order valence-electron chi connectivity index (χ3n) is 4.83. The first kappa shape index (κ1) is 13.8. The molecule has 0 atom stereocenters. The van der Waals surface area contributed by atoms with Gasteiger partial charge in [0.2, 0.25) is 5.91 Å². The van der Waals surface area contributed by atoms with Crippen molar-refractivity contribution in [3.63, 3.8) is 0 Å². The lowest BCUT2D eigenvalue weighted by molar-refractivity contribution is -0.134. The number of amides is 1. The fraction of sp³-hybridized carbons (Fsp3) is 0.929. The number of carbonyl (C=O) groups excluding carboxylic acids is 1. The molecule has 1 aliphatic heterocycles. The first-order valence-corrected chi connectivity index (χ1v) is 7.22. The van der Waals surface area contributed by atoms with E-state index in [-0.39, 0.29) is 11.4 Å². The SMILES string of the molecule is CC1(C)CCC(C(N)=O)(N2CCCNCC2)CC1. The van der Waals surface area contributed by atoms with Crippen molar-refractivity contribution in [2.75, 3.05) is 26.2 Å². The van der Waals surface area contributed by atoms with Crippen LogP contribution in [0.1, 0.15) is 46.0 Å². The second kappa shape index (κ2) is 5.17. The van der Waals surface area contributed by atoms with Gasteiger partial charge in [-0.2, -0.15) is 0 Å². The Morgan fingerprint density at radius 1 is 1.11 bits per heavy atom. The third kappa shape index (κ3) is 2.69. The van der Waals surface area contributed by atoms with Crippen molar-refractivity contribution in [2.24, 2.45) is 11.1 Å². The molecule has 0 aromatic heterocycles. The van der Waals surface area contributed by atoms with Crippen LogP contribution in [0, 0.1) is 5.41 Å². The van der Waals surface area contributed by atoms with Crippen LogP contribution in [-0.4, -0.2) is 42.5 Å². The second-order valence-electron chi connectivity index (χ2n) is 6.65. The highest BCUT2D eigenvalue weighted by Crippen LogP contribution is 2.43. The van der Waals surface area contributed by atoms with Crippen molar-refractivity contribution >= 4 is 5.91 Å². The lowest BCUT2D eigenvalue weighted by Gasteiger charge is -2.47. The maximum Gasteiger partial charge on any atom is 0.237 e. The number of rotatable bonds is 2. The first-order chi connectivity index (χ1) is 8.46. The minimum atomic E-state index is -0.373. The zero-order valence-electron chi connectivity index (χ0n) is 11.8. The summed E-state index contributed by atoms with van der Waals surface area (Å²) in [6, 6.07) is 0. The Morgan fingerprint density at radius 2 is 1.78 bits per heavy atom. The Kier molecular flexibility index (Phi) is 3.97. The van der Waals surface area contributed by atoms with Crippen LogP contribution in [0.4, 0.5) is 0 Å². The van der Waals surface area contributed by atoms with E-state index >= 15 is 0 Å². The van der Waals surface area contributed by atoms with Gasteiger partial charge in [0.05, 0.1) is 0 Å². The Balaban J connectivity index is 2.14. The average molecular weight is 253 g/mol. The van der Waals surface area contributed by atoms with Crippen molar-refractivity contribution < 1.29 is 4.79 Å². The molecule has 1 heterocycles. The summed E-state index contributed by atoms with van der Waals surface area (Å²) in [5, 5.41) is 3.39. The third-order valence-corrected chi connectivity index (χ3v) is 4.83. The van der Waals surface area contributed by atoms with Gasteiger partial charge < -0.3 is 11.1 Å². The minimum Gasteiger partial charge on any atom is -0.368 e. The number of nitrogens with two attached hydrogens (primary N) is 1. The van der Waals surface area contributed by atoms with Gasteiger partial charge in [0.25, 0.3) is 0 Å². The summed E-state index contributed by atoms with van der Waals surface area (Å²) in [5.74, 6) is -0.111. The molecule has 1 amide bonds. The summed E-state index contributed by atoms with van der Waals surface area (Å²) in [6.45, 7) is 8.55. The molecule has 18 heavy (non-hydrogen) atoms. The van der Waals surface area contributed by atoms with Crippen molar-refractivity contribution in [1.82, 2.24) is 10.2 Å². The average Bonchev–Trinajstić information content (AvgIpc) is 2.58. The lowest BCUT2D eigenvalue weighted by atomic mass is 9.68. The zero-order chi connectivity index (χ0) is 13.2. The molecular weight excluding hydrogens is 226 g/mol. The molecule has 4 nitrogen and oxygen atoms in total. The van der Waals surface area contributed by atoms with E-state index in [1.807, 2.05) is 0 Å². The highest BCUT2D eigenvalue weighted by atomic mass is 16.1. The number of carbonyl (C=O) groups is 1. The number of hydrogen-bond acceptors (Lipinski definition) is 3. The fourth-order valence-electron chi connectivity index (χ4n) is 3.33. The van der Waals surface area contributed by atoms with E-state index in [2.05, 4.69) is 24.1 Å². The number of primary amides is 1. The molecule has 0 radical (unpaired) electrons.